The molecule has 3 rings (SSSR count). The first kappa shape index (κ1) is 13.5. The Morgan fingerprint density at radius 1 is 1.10 bits per heavy atom. The number of nitrogens with zero attached hydrogens (tertiary/aromatic N) is 4. The zero-order chi connectivity index (χ0) is 13.9. The molecule has 0 amide bonds. The first-order valence-electron chi connectivity index (χ1n) is 7.24. The number of benzene rings is 1. The number of hydrogen-bond donors (Lipinski definition) is 1. The van der Waals surface area contributed by atoms with E-state index in [4.69, 9.17) is 5.11 Å². The molecule has 0 atom stereocenters. The second-order valence-corrected chi connectivity index (χ2v) is 5.43. The molecule has 1 fully saturated rings. The van der Waals surface area contributed by atoms with E-state index in [9.17, 15) is 0 Å². The largest absolute Gasteiger partial charge is 0.395 e. The second-order valence-electron chi connectivity index (χ2n) is 5.43. The van der Waals surface area contributed by atoms with E-state index in [2.05, 4.69) is 39.2 Å². The van der Waals surface area contributed by atoms with E-state index >= 15 is 0 Å². The second kappa shape index (κ2) is 5.91. The van der Waals surface area contributed by atoms with Crippen LogP contribution in [0.5, 0.6) is 0 Å². The third kappa shape index (κ3) is 2.70. The number of aromatic nitrogens is 2. The highest BCUT2D eigenvalue weighted by Crippen LogP contribution is 2.19. The maximum absolute atomic E-state index is 8.97. The molecule has 5 heteroatoms. The summed E-state index contributed by atoms with van der Waals surface area (Å²) >= 11 is 0. The molecule has 108 valence electrons. The van der Waals surface area contributed by atoms with Gasteiger partial charge in [-0.05, 0) is 6.07 Å². The predicted molar refractivity (Wildman–Crippen MR) is 79.5 cm³/mol. The summed E-state index contributed by atoms with van der Waals surface area (Å²) < 4.78 is 1.96. The third-order valence-corrected chi connectivity index (χ3v) is 4.09. The number of aliphatic hydroxyl groups is 1. The first-order chi connectivity index (χ1) is 9.78. The summed E-state index contributed by atoms with van der Waals surface area (Å²) in [5, 5.41) is 14.9. The molecular formula is C15H22N4O. The average Bonchev–Trinajstić information content (AvgIpc) is 2.79. The molecule has 20 heavy (non-hydrogen) atoms. The van der Waals surface area contributed by atoms with Gasteiger partial charge in [-0.1, -0.05) is 18.2 Å². The highest BCUT2D eigenvalue weighted by atomic mass is 16.3. The van der Waals surface area contributed by atoms with Gasteiger partial charge in [0.1, 0.15) is 0 Å². The number of hydrogen-bond acceptors (Lipinski definition) is 4. The van der Waals surface area contributed by atoms with Crippen LogP contribution in [-0.2, 0) is 13.6 Å². The molecule has 1 aromatic heterocycles. The highest BCUT2D eigenvalue weighted by Gasteiger charge is 2.18. The van der Waals surface area contributed by atoms with E-state index in [1.165, 1.54) is 16.6 Å². The van der Waals surface area contributed by atoms with Gasteiger partial charge in [-0.25, -0.2) is 0 Å². The molecule has 0 unspecified atom stereocenters. The van der Waals surface area contributed by atoms with Gasteiger partial charge in [0.2, 0.25) is 0 Å². The van der Waals surface area contributed by atoms with Crippen molar-refractivity contribution < 1.29 is 5.11 Å². The maximum Gasteiger partial charge on any atom is 0.0843 e. The number of aryl methyl sites for hydroxylation is 1. The van der Waals surface area contributed by atoms with Crippen LogP contribution < -0.4 is 0 Å². The Hall–Kier alpha value is -1.43. The molecule has 5 nitrogen and oxygen atoms in total. The zero-order valence-electron chi connectivity index (χ0n) is 12.0. The fourth-order valence-corrected chi connectivity index (χ4v) is 2.93. The molecule has 1 aliphatic heterocycles. The Bertz CT molecular complexity index is 572. The fourth-order valence-electron chi connectivity index (χ4n) is 2.93. The van der Waals surface area contributed by atoms with Gasteiger partial charge in [0.05, 0.1) is 17.8 Å². The van der Waals surface area contributed by atoms with Crippen LogP contribution in [0.1, 0.15) is 5.69 Å². The van der Waals surface area contributed by atoms with Crippen molar-refractivity contribution in [2.24, 2.45) is 7.05 Å². The van der Waals surface area contributed by atoms with E-state index in [1.807, 2.05) is 11.7 Å². The van der Waals surface area contributed by atoms with Crippen LogP contribution in [0, 0.1) is 0 Å². The van der Waals surface area contributed by atoms with Crippen molar-refractivity contribution >= 4 is 10.9 Å². The lowest BCUT2D eigenvalue weighted by Gasteiger charge is -2.33. The number of fused-ring (bicyclic) bond motifs is 1. The topological polar surface area (TPSA) is 44.5 Å². The van der Waals surface area contributed by atoms with Crippen molar-refractivity contribution in [3.8, 4) is 0 Å². The van der Waals surface area contributed by atoms with Crippen LogP contribution in [0.15, 0.2) is 24.3 Å². The van der Waals surface area contributed by atoms with Gasteiger partial charge < -0.3 is 5.11 Å². The molecule has 0 saturated carbocycles. The quantitative estimate of drug-likeness (QED) is 0.890. The SMILES string of the molecule is Cn1nc(CN2CCN(CCO)CC2)c2ccccc21. The number of β-amino-alcohol motifs (C(OH)–C–C–N with tert-alkyl or cyclic N) is 1. The van der Waals surface area contributed by atoms with Crippen LogP contribution in [-0.4, -0.2) is 64.0 Å². The number of rotatable bonds is 4. The molecule has 0 spiro atoms. The van der Waals surface area contributed by atoms with E-state index < -0.39 is 0 Å². The Labute approximate surface area is 119 Å². The van der Waals surface area contributed by atoms with Gasteiger partial charge >= 0.3 is 0 Å². The van der Waals surface area contributed by atoms with Gasteiger partial charge in [0, 0.05) is 51.7 Å². The summed E-state index contributed by atoms with van der Waals surface area (Å²) in [4.78, 5) is 4.76. The van der Waals surface area contributed by atoms with Gasteiger partial charge in [-0.2, -0.15) is 5.10 Å². The minimum atomic E-state index is 0.255. The van der Waals surface area contributed by atoms with Crippen LogP contribution in [0.2, 0.25) is 0 Å². The Kier molecular flexibility index (Phi) is 4.00. The van der Waals surface area contributed by atoms with Crippen molar-refractivity contribution in [3.05, 3.63) is 30.0 Å². The van der Waals surface area contributed by atoms with E-state index in [1.54, 1.807) is 0 Å². The number of piperazine rings is 1. The Balaban J connectivity index is 1.69. The third-order valence-electron chi connectivity index (χ3n) is 4.09. The molecule has 1 aliphatic rings. The Morgan fingerprint density at radius 3 is 2.55 bits per heavy atom. The molecular weight excluding hydrogens is 252 g/mol. The minimum Gasteiger partial charge on any atom is -0.395 e. The molecule has 1 aromatic carbocycles. The monoisotopic (exact) mass is 274 g/mol. The van der Waals surface area contributed by atoms with Crippen molar-refractivity contribution in [3.63, 3.8) is 0 Å². The summed E-state index contributed by atoms with van der Waals surface area (Å²) in [6, 6.07) is 8.40. The molecule has 0 radical (unpaired) electrons. The summed E-state index contributed by atoms with van der Waals surface area (Å²) in [5.41, 5.74) is 2.36. The average molecular weight is 274 g/mol. The first-order valence-corrected chi connectivity index (χ1v) is 7.24. The summed E-state index contributed by atoms with van der Waals surface area (Å²) in [7, 11) is 2.00. The fraction of sp³-hybridized carbons (Fsp3) is 0.533. The predicted octanol–water partition coefficient (Wildman–Crippen LogP) is 0.683. The zero-order valence-corrected chi connectivity index (χ0v) is 12.0. The lowest BCUT2D eigenvalue weighted by Crippen LogP contribution is -2.46. The van der Waals surface area contributed by atoms with Crippen LogP contribution in [0.25, 0.3) is 10.9 Å². The van der Waals surface area contributed by atoms with Crippen molar-refractivity contribution in [1.82, 2.24) is 19.6 Å². The van der Waals surface area contributed by atoms with Gasteiger partial charge in [-0.3, -0.25) is 14.5 Å². The smallest absolute Gasteiger partial charge is 0.0843 e. The Morgan fingerprint density at radius 2 is 1.80 bits per heavy atom. The molecule has 2 aromatic rings. The number of aliphatic hydroxyl groups excluding tert-OH is 1. The van der Waals surface area contributed by atoms with Gasteiger partial charge in [0.25, 0.3) is 0 Å². The van der Waals surface area contributed by atoms with Crippen molar-refractivity contribution in [2.45, 2.75) is 6.54 Å². The van der Waals surface area contributed by atoms with E-state index in [-0.39, 0.29) is 6.61 Å². The normalized spacial score (nSPS) is 17.9. The van der Waals surface area contributed by atoms with Crippen molar-refractivity contribution in [1.29, 1.82) is 0 Å². The molecule has 0 aliphatic carbocycles. The molecule has 0 bridgehead atoms. The van der Waals surface area contributed by atoms with Gasteiger partial charge in [-0.15, -0.1) is 0 Å². The van der Waals surface area contributed by atoms with Crippen LogP contribution in [0.3, 0.4) is 0 Å². The van der Waals surface area contributed by atoms with Crippen LogP contribution >= 0.6 is 0 Å². The highest BCUT2D eigenvalue weighted by molar-refractivity contribution is 5.81. The van der Waals surface area contributed by atoms with Gasteiger partial charge in [0.15, 0.2) is 0 Å². The van der Waals surface area contributed by atoms with Crippen LogP contribution in [0.4, 0.5) is 0 Å². The summed E-state index contributed by atoms with van der Waals surface area (Å²) in [5.74, 6) is 0. The van der Waals surface area contributed by atoms with E-state index in [0.29, 0.717) is 0 Å². The van der Waals surface area contributed by atoms with Crippen molar-refractivity contribution in [2.75, 3.05) is 39.3 Å². The molecule has 2 heterocycles. The maximum atomic E-state index is 8.97. The lowest BCUT2D eigenvalue weighted by molar-refractivity contribution is 0.108. The standard InChI is InChI=1S/C15H22N4O/c1-17-15-5-3-2-4-13(15)14(16-17)12-19-8-6-18(7-9-19)10-11-20/h2-5,20H,6-12H2,1H3. The lowest BCUT2D eigenvalue weighted by atomic mass is 10.2. The number of para-hydroxylation sites is 1. The minimum absolute atomic E-state index is 0.255. The molecule has 1 saturated heterocycles. The summed E-state index contributed by atoms with van der Waals surface area (Å²) in [6.45, 7) is 6.12. The summed E-state index contributed by atoms with van der Waals surface area (Å²) in [6.07, 6.45) is 0. The van der Waals surface area contributed by atoms with E-state index in [0.717, 1.165) is 39.3 Å². The molecule has 1 N–H and O–H groups in total.